The highest BCUT2D eigenvalue weighted by atomic mass is 79.9. The van der Waals surface area contributed by atoms with E-state index in [0.29, 0.717) is 11.4 Å². The first-order valence-electron chi connectivity index (χ1n) is 6.85. The molecular formula is C16H16BrN3. The van der Waals surface area contributed by atoms with E-state index in [1.54, 1.807) is 0 Å². The van der Waals surface area contributed by atoms with Crippen LogP contribution in [0.5, 0.6) is 0 Å². The second kappa shape index (κ2) is 5.34. The Morgan fingerprint density at radius 1 is 1.30 bits per heavy atom. The maximum absolute atomic E-state index is 9.49. The molecule has 3 rings (SSSR count). The van der Waals surface area contributed by atoms with E-state index in [1.807, 2.05) is 12.1 Å². The van der Waals surface area contributed by atoms with Crippen molar-refractivity contribution in [2.24, 2.45) is 5.73 Å². The van der Waals surface area contributed by atoms with Gasteiger partial charge >= 0.3 is 0 Å². The Hall–Kier alpha value is -1.73. The summed E-state index contributed by atoms with van der Waals surface area (Å²) in [5.41, 5.74) is 10.4. The number of dihydropyridines is 1. The van der Waals surface area contributed by atoms with E-state index in [9.17, 15) is 5.26 Å². The number of halogens is 1. The molecule has 0 fully saturated rings. The third kappa shape index (κ3) is 2.23. The molecule has 1 aliphatic carbocycles. The molecule has 0 aromatic heterocycles. The van der Waals surface area contributed by atoms with Crippen molar-refractivity contribution in [3.05, 3.63) is 57.0 Å². The summed E-state index contributed by atoms with van der Waals surface area (Å²) in [4.78, 5) is 0. The standard InChI is InChI=1S/C16H16BrN3/c17-11-5-3-4-10(8-11)15-12-6-1-2-7-14(12)20-16(19)13(15)9-18/h3-5,8,15,20H,1-2,6-7,19H2. The van der Waals surface area contributed by atoms with Crippen LogP contribution in [0, 0.1) is 11.3 Å². The molecule has 102 valence electrons. The molecule has 1 aromatic carbocycles. The lowest BCUT2D eigenvalue weighted by atomic mass is 9.77. The maximum atomic E-state index is 9.49. The van der Waals surface area contributed by atoms with E-state index in [1.165, 1.54) is 24.1 Å². The summed E-state index contributed by atoms with van der Waals surface area (Å²) in [6, 6.07) is 10.5. The van der Waals surface area contributed by atoms with Gasteiger partial charge in [-0.3, -0.25) is 0 Å². The van der Waals surface area contributed by atoms with E-state index >= 15 is 0 Å². The Kier molecular flexibility index (Phi) is 3.54. The number of hydrogen-bond acceptors (Lipinski definition) is 3. The fourth-order valence-electron chi connectivity index (χ4n) is 3.13. The lowest BCUT2D eigenvalue weighted by molar-refractivity contribution is 0.591. The average Bonchev–Trinajstić information content (AvgIpc) is 2.45. The minimum atomic E-state index is 0.00838. The van der Waals surface area contributed by atoms with E-state index in [4.69, 9.17) is 5.73 Å². The van der Waals surface area contributed by atoms with Gasteiger partial charge in [0.25, 0.3) is 0 Å². The molecule has 1 unspecified atom stereocenters. The Balaban J connectivity index is 2.14. The molecule has 0 bridgehead atoms. The molecule has 0 amide bonds. The van der Waals surface area contributed by atoms with Crippen LogP contribution in [0.25, 0.3) is 0 Å². The second-order valence-electron chi connectivity index (χ2n) is 5.26. The van der Waals surface area contributed by atoms with Crippen molar-refractivity contribution in [3.8, 4) is 6.07 Å². The van der Waals surface area contributed by atoms with Crippen LogP contribution in [0.1, 0.15) is 37.2 Å². The van der Waals surface area contributed by atoms with E-state index in [2.05, 4.69) is 39.4 Å². The molecular weight excluding hydrogens is 314 g/mol. The Bertz CT molecular complexity index is 652. The van der Waals surface area contributed by atoms with Gasteiger partial charge in [0.2, 0.25) is 0 Å². The second-order valence-corrected chi connectivity index (χ2v) is 6.18. The predicted molar refractivity (Wildman–Crippen MR) is 82.3 cm³/mol. The molecule has 3 nitrogen and oxygen atoms in total. The molecule has 4 heteroatoms. The summed E-state index contributed by atoms with van der Waals surface area (Å²) in [5.74, 6) is 0.521. The lowest BCUT2D eigenvalue weighted by Crippen LogP contribution is -2.32. The Labute approximate surface area is 127 Å². The van der Waals surface area contributed by atoms with Gasteiger partial charge in [0.1, 0.15) is 5.82 Å². The fourth-order valence-corrected chi connectivity index (χ4v) is 3.55. The third-order valence-corrected chi connectivity index (χ3v) is 4.52. The number of nitrogens with two attached hydrogens (primary N) is 1. The normalized spacial score (nSPS) is 22.1. The van der Waals surface area contributed by atoms with E-state index < -0.39 is 0 Å². The smallest absolute Gasteiger partial charge is 0.115 e. The van der Waals surface area contributed by atoms with Gasteiger partial charge in [0, 0.05) is 16.1 Å². The van der Waals surface area contributed by atoms with Gasteiger partial charge in [-0.05, 0) is 49.0 Å². The zero-order valence-electron chi connectivity index (χ0n) is 11.1. The number of hydrogen-bond donors (Lipinski definition) is 2. The van der Waals surface area contributed by atoms with Crippen molar-refractivity contribution in [2.45, 2.75) is 31.6 Å². The molecule has 0 saturated carbocycles. The first-order valence-corrected chi connectivity index (χ1v) is 7.64. The van der Waals surface area contributed by atoms with Crippen molar-refractivity contribution >= 4 is 15.9 Å². The molecule has 0 saturated heterocycles. The SMILES string of the molecule is N#CC1=C(N)NC2=C(CCCC2)C1c1cccc(Br)c1. The van der Waals surface area contributed by atoms with Crippen LogP contribution in [-0.2, 0) is 0 Å². The highest BCUT2D eigenvalue weighted by Gasteiger charge is 2.31. The molecule has 3 N–H and O–H groups in total. The molecule has 0 spiro atoms. The summed E-state index contributed by atoms with van der Waals surface area (Å²) in [6.45, 7) is 0. The van der Waals surface area contributed by atoms with Gasteiger partial charge in [-0.2, -0.15) is 5.26 Å². The van der Waals surface area contributed by atoms with Gasteiger partial charge < -0.3 is 11.1 Å². The molecule has 1 aromatic rings. The summed E-state index contributed by atoms with van der Waals surface area (Å²) in [7, 11) is 0. The van der Waals surface area contributed by atoms with Crippen LogP contribution in [0.3, 0.4) is 0 Å². The van der Waals surface area contributed by atoms with Crippen molar-refractivity contribution in [1.82, 2.24) is 5.32 Å². The molecule has 1 aliphatic heterocycles. The molecule has 20 heavy (non-hydrogen) atoms. The summed E-state index contributed by atoms with van der Waals surface area (Å²) in [5, 5.41) is 12.7. The third-order valence-electron chi connectivity index (χ3n) is 4.03. The van der Waals surface area contributed by atoms with E-state index in [0.717, 1.165) is 22.9 Å². The van der Waals surface area contributed by atoms with Crippen molar-refractivity contribution < 1.29 is 0 Å². The maximum Gasteiger partial charge on any atom is 0.115 e. The van der Waals surface area contributed by atoms with Crippen molar-refractivity contribution in [3.63, 3.8) is 0 Å². The van der Waals surface area contributed by atoms with Gasteiger partial charge in [-0.15, -0.1) is 0 Å². The number of rotatable bonds is 1. The molecule has 1 atom stereocenters. The Morgan fingerprint density at radius 3 is 2.85 bits per heavy atom. The average molecular weight is 330 g/mol. The van der Waals surface area contributed by atoms with Crippen LogP contribution in [0.4, 0.5) is 0 Å². The topological polar surface area (TPSA) is 61.8 Å². The van der Waals surface area contributed by atoms with Gasteiger partial charge in [0.15, 0.2) is 0 Å². The van der Waals surface area contributed by atoms with Crippen LogP contribution >= 0.6 is 15.9 Å². The van der Waals surface area contributed by atoms with Crippen LogP contribution in [-0.4, -0.2) is 0 Å². The van der Waals surface area contributed by atoms with Gasteiger partial charge in [-0.25, -0.2) is 0 Å². The highest BCUT2D eigenvalue weighted by Crippen LogP contribution is 2.42. The Morgan fingerprint density at radius 2 is 2.10 bits per heavy atom. The minimum absolute atomic E-state index is 0.00838. The number of nitrogens with zero attached hydrogens (tertiary/aromatic N) is 1. The zero-order valence-corrected chi connectivity index (χ0v) is 12.7. The number of nitriles is 1. The van der Waals surface area contributed by atoms with E-state index in [-0.39, 0.29) is 5.92 Å². The van der Waals surface area contributed by atoms with Gasteiger partial charge in [-0.1, -0.05) is 28.1 Å². The number of benzene rings is 1. The fraction of sp³-hybridized carbons (Fsp3) is 0.312. The zero-order chi connectivity index (χ0) is 14.1. The van der Waals surface area contributed by atoms with Crippen molar-refractivity contribution in [1.29, 1.82) is 5.26 Å². The number of nitrogens with one attached hydrogen (secondary N) is 1. The first kappa shape index (κ1) is 13.3. The summed E-state index contributed by atoms with van der Waals surface area (Å²) < 4.78 is 1.03. The highest BCUT2D eigenvalue weighted by molar-refractivity contribution is 9.10. The quantitative estimate of drug-likeness (QED) is 0.826. The largest absolute Gasteiger partial charge is 0.384 e. The van der Waals surface area contributed by atoms with Gasteiger partial charge in [0.05, 0.1) is 11.6 Å². The molecule has 1 heterocycles. The molecule has 0 radical (unpaired) electrons. The monoisotopic (exact) mass is 329 g/mol. The molecule has 2 aliphatic rings. The summed E-state index contributed by atoms with van der Waals surface area (Å²) in [6.07, 6.45) is 4.44. The van der Waals surface area contributed by atoms with Crippen molar-refractivity contribution in [2.75, 3.05) is 0 Å². The van der Waals surface area contributed by atoms with Crippen LogP contribution < -0.4 is 11.1 Å². The van der Waals surface area contributed by atoms with Crippen LogP contribution in [0.15, 0.2) is 51.4 Å². The lowest BCUT2D eigenvalue weighted by Gasteiger charge is -2.33. The first-order chi connectivity index (χ1) is 9.70. The summed E-state index contributed by atoms with van der Waals surface area (Å²) >= 11 is 3.51. The minimum Gasteiger partial charge on any atom is -0.384 e. The number of allylic oxidation sites excluding steroid dienone is 3. The van der Waals surface area contributed by atoms with Crippen LogP contribution in [0.2, 0.25) is 0 Å². The predicted octanol–water partition coefficient (Wildman–Crippen LogP) is 3.66.